The van der Waals surface area contributed by atoms with Crippen molar-refractivity contribution < 1.29 is 37.3 Å². The monoisotopic (exact) mass is 874 g/mol. The number of halogens is 2. The Hall–Kier alpha value is -7.96. The van der Waals surface area contributed by atoms with E-state index in [4.69, 9.17) is 18.9 Å². The maximum atomic E-state index is 14.4. The zero-order valence-corrected chi connectivity index (χ0v) is 35.4. The summed E-state index contributed by atoms with van der Waals surface area (Å²) in [7, 11) is 4.88. The molecule has 0 aliphatic heterocycles. The van der Waals surface area contributed by atoms with Crippen LogP contribution in [0.3, 0.4) is 0 Å². The number of benzene rings is 4. The second kappa shape index (κ2) is 24.5. The summed E-state index contributed by atoms with van der Waals surface area (Å²) in [5.41, 5.74) is 4.07. The molecule has 0 aliphatic carbocycles. The largest absolute Gasteiger partial charge is 0.487 e. The zero-order valence-electron chi connectivity index (χ0n) is 35.4. The van der Waals surface area contributed by atoms with Gasteiger partial charge in [0.05, 0.1) is 25.6 Å². The van der Waals surface area contributed by atoms with E-state index in [9.17, 15) is 18.4 Å². The quantitative estimate of drug-likeness (QED) is 0.0342. The van der Waals surface area contributed by atoms with Crippen molar-refractivity contribution in [1.29, 1.82) is 0 Å². The van der Waals surface area contributed by atoms with E-state index in [-0.39, 0.29) is 35.3 Å². The highest BCUT2D eigenvalue weighted by Gasteiger charge is 2.13. The highest BCUT2D eigenvalue weighted by molar-refractivity contribution is 5.99. The summed E-state index contributed by atoms with van der Waals surface area (Å²) >= 11 is 0. The Kier molecular flexibility index (Phi) is 18.0. The lowest BCUT2D eigenvalue weighted by Gasteiger charge is -2.15. The fourth-order valence-electron chi connectivity index (χ4n) is 5.44. The summed E-state index contributed by atoms with van der Waals surface area (Å²) in [5, 5.41) is 14.6. The van der Waals surface area contributed by atoms with Gasteiger partial charge < -0.3 is 50.4 Å². The number of ether oxygens (including phenoxy) is 4. The van der Waals surface area contributed by atoms with Crippen LogP contribution < -0.4 is 36.1 Å². The van der Waals surface area contributed by atoms with Crippen molar-refractivity contribution in [3.8, 4) is 11.5 Å². The van der Waals surface area contributed by atoms with Crippen molar-refractivity contribution in [3.63, 3.8) is 0 Å². The summed E-state index contributed by atoms with van der Waals surface area (Å²) in [5.74, 6) is -0.202. The molecule has 16 nitrogen and oxygen atoms in total. The molecule has 0 bridgehead atoms. The van der Waals surface area contributed by atoms with E-state index in [1.165, 1.54) is 6.08 Å². The lowest BCUT2D eigenvalue weighted by molar-refractivity contribution is -0.125. The molecule has 0 aliphatic rings. The van der Waals surface area contributed by atoms with Crippen LogP contribution in [0, 0.1) is 11.6 Å². The first-order valence-corrected chi connectivity index (χ1v) is 19.6. The number of para-hydroxylation sites is 1. The third-order valence-corrected chi connectivity index (χ3v) is 8.57. The molecule has 2 heterocycles. The van der Waals surface area contributed by atoms with Crippen LogP contribution in [-0.2, 0) is 25.6 Å². The van der Waals surface area contributed by atoms with Gasteiger partial charge in [0, 0.05) is 62.3 Å². The van der Waals surface area contributed by atoms with E-state index < -0.39 is 11.6 Å². The number of rotatable bonds is 21. The Morgan fingerprint density at radius 2 is 1.16 bits per heavy atom. The van der Waals surface area contributed by atoms with E-state index >= 15 is 0 Å². The van der Waals surface area contributed by atoms with Crippen molar-refractivity contribution in [3.05, 3.63) is 152 Å². The molecule has 0 fully saturated rings. The maximum Gasteiger partial charge on any atom is 0.247 e. The van der Waals surface area contributed by atoms with Gasteiger partial charge in [0.2, 0.25) is 23.7 Å². The molecule has 0 saturated heterocycles. The average Bonchev–Trinajstić information content (AvgIpc) is 3.30. The number of amides is 2. The number of nitrogens with zero attached hydrogens (tertiary/aromatic N) is 5. The molecule has 2 amide bonds. The Morgan fingerprint density at radius 3 is 1.77 bits per heavy atom. The molecule has 4 aromatic carbocycles. The maximum absolute atomic E-state index is 14.4. The van der Waals surface area contributed by atoms with Gasteiger partial charge in [0.25, 0.3) is 0 Å². The van der Waals surface area contributed by atoms with Crippen LogP contribution in [0.15, 0.2) is 135 Å². The highest BCUT2D eigenvalue weighted by atomic mass is 19.1. The van der Waals surface area contributed by atoms with Gasteiger partial charge >= 0.3 is 0 Å². The van der Waals surface area contributed by atoms with E-state index in [0.717, 1.165) is 29.7 Å². The van der Waals surface area contributed by atoms with Gasteiger partial charge in [0.1, 0.15) is 13.2 Å². The number of anilines is 9. The van der Waals surface area contributed by atoms with Crippen LogP contribution in [0.1, 0.15) is 5.56 Å². The Morgan fingerprint density at radius 1 is 0.625 bits per heavy atom. The standard InChI is InChI=1S/C25H28FN5O5.C21H20FN5O/c1-4-23(32)28-17-6-5-7-18(14-17)29-24-20(26)16-27-25(31-24)30-19-8-9-21(35-12-10-33-2)22(15-19)36-13-11-34-3;1-3-19(28)27(2)14-15-9-11-17(12-10-15)24-20-18(22)13-23-21(26-20)25-16-7-5-4-6-8-16/h4-9,14-16H,1,10-13H2,2-3H3,(H,28,32)(H2,27,29,30,31);3-13H,1,14H2,2H3,(H2,23,24,25,26). The summed E-state index contributed by atoms with van der Waals surface area (Å²) in [4.78, 5) is 41.1. The molecule has 0 radical (unpaired) electrons. The number of carbonyl (C=O) groups is 2. The molecule has 2 aromatic heterocycles. The van der Waals surface area contributed by atoms with Crippen LogP contribution in [0.2, 0.25) is 0 Å². The topological polar surface area (TPSA) is 186 Å². The highest BCUT2D eigenvalue weighted by Crippen LogP contribution is 2.32. The van der Waals surface area contributed by atoms with Crippen LogP contribution in [-0.4, -0.2) is 84.3 Å². The second-order valence-corrected chi connectivity index (χ2v) is 13.4. The summed E-state index contributed by atoms with van der Waals surface area (Å²) in [6, 6.07) is 28.7. The zero-order chi connectivity index (χ0) is 45.7. The number of hydrogen-bond donors (Lipinski definition) is 5. The summed E-state index contributed by atoms with van der Waals surface area (Å²) in [6.07, 6.45) is 4.60. The predicted octanol–water partition coefficient (Wildman–Crippen LogP) is 8.53. The Bertz CT molecular complexity index is 2480. The molecular weight excluding hydrogens is 827 g/mol. The van der Waals surface area contributed by atoms with Gasteiger partial charge in [0.15, 0.2) is 34.8 Å². The third-order valence-electron chi connectivity index (χ3n) is 8.57. The van der Waals surface area contributed by atoms with Crippen molar-refractivity contribution in [2.24, 2.45) is 0 Å². The van der Waals surface area contributed by atoms with Gasteiger partial charge in [-0.25, -0.2) is 18.7 Å². The Labute approximate surface area is 369 Å². The fraction of sp³-hybridized carbons (Fsp3) is 0.174. The molecule has 0 saturated carbocycles. The number of methoxy groups -OCH3 is 2. The SMILES string of the molecule is C=CC(=O)N(C)Cc1ccc(Nc2nc(Nc3ccccc3)ncc2F)cc1.C=CC(=O)Nc1cccc(Nc2nc(Nc3ccc(OCCOC)c(OCCOC)c3)ncc2F)c1. The summed E-state index contributed by atoms with van der Waals surface area (Å²) in [6.45, 7) is 8.87. The second-order valence-electron chi connectivity index (χ2n) is 13.4. The number of aromatic nitrogens is 4. The average molecular weight is 875 g/mol. The minimum atomic E-state index is -0.647. The fourth-order valence-corrected chi connectivity index (χ4v) is 5.44. The van der Waals surface area contributed by atoms with Crippen molar-refractivity contribution in [1.82, 2.24) is 24.8 Å². The molecule has 5 N–H and O–H groups in total. The molecule has 64 heavy (non-hydrogen) atoms. The van der Waals surface area contributed by atoms with Crippen LogP contribution in [0.25, 0.3) is 0 Å². The minimum Gasteiger partial charge on any atom is -0.487 e. The third kappa shape index (κ3) is 14.9. The number of carbonyl (C=O) groups excluding carboxylic acids is 2. The normalized spacial score (nSPS) is 10.3. The molecule has 0 spiro atoms. The first-order chi connectivity index (χ1) is 31.1. The molecule has 6 aromatic rings. The van der Waals surface area contributed by atoms with Crippen molar-refractivity contribution in [2.45, 2.75) is 6.54 Å². The molecular formula is C46H48F2N10O6. The Balaban J connectivity index is 0.000000248. The molecule has 332 valence electrons. The minimum absolute atomic E-state index is 0.0456. The molecule has 0 atom stereocenters. The van der Waals surface area contributed by atoms with Crippen molar-refractivity contribution >= 4 is 63.8 Å². The van der Waals surface area contributed by atoms with Crippen LogP contribution in [0.5, 0.6) is 11.5 Å². The lowest BCUT2D eigenvalue weighted by Crippen LogP contribution is -2.23. The van der Waals surface area contributed by atoms with E-state index in [1.54, 1.807) is 80.8 Å². The number of hydrogen-bond acceptors (Lipinski definition) is 14. The lowest BCUT2D eigenvalue weighted by atomic mass is 10.2. The van der Waals surface area contributed by atoms with E-state index in [0.29, 0.717) is 67.2 Å². The van der Waals surface area contributed by atoms with Crippen LogP contribution in [0.4, 0.5) is 60.8 Å². The molecule has 18 heteroatoms. The first kappa shape index (κ1) is 47.1. The molecule has 0 unspecified atom stereocenters. The van der Waals surface area contributed by atoms with E-state index in [1.807, 2.05) is 42.5 Å². The molecule has 6 rings (SSSR count). The van der Waals surface area contributed by atoms with Gasteiger partial charge in [-0.1, -0.05) is 49.6 Å². The van der Waals surface area contributed by atoms with Gasteiger partial charge in [-0.15, -0.1) is 0 Å². The number of nitrogens with one attached hydrogen (secondary N) is 5. The first-order valence-electron chi connectivity index (χ1n) is 19.6. The predicted molar refractivity (Wildman–Crippen MR) is 243 cm³/mol. The van der Waals surface area contributed by atoms with Gasteiger partial charge in [-0.2, -0.15) is 9.97 Å². The van der Waals surface area contributed by atoms with E-state index in [2.05, 4.69) is 59.7 Å². The smallest absolute Gasteiger partial charge is 0.247 e. The summed E-state index contributed by atoms with van der Waals surface area (Å²) < 4.78 is 50.1. The van der Waals surface area contributed by atoms with Gasteiger partial charge in [-0.05, 0) is 72.3 Å². The van der Waals surface area contributed by atoms with Gasteiger partial charge in [-0.3, -0.25) is 9.59 Å². The van der Waals surface area contributed by atoms with Crippen molar-refractivity contribution in [2.75, 3.05) is 74.3 Å². The van der Waals surface area contributed by atoms with Crippen LogP contribution >= 0.6 is 0 Å². The number of likely N-dealkylation sites (N-methyl/N-ethyl adjacent to an activating group) is 1.